The molecule has 0 aliphatic heterocycles. The Kier molecular flexibility index (Phi) is 56.3. The number of nitriles is 4. The van der Waals surface area contributed by atoms with Gasteiger partial charge in [0.2, 0.25) is 0 Å². The molecule has 0 saturated carbocycles. The van der Waals surface area contributed by atoms with E-state index in [9.17, 15) is 0 Å². The molecule has 2 heterocycles. The molecule has 2 N–H and O–H groups in total. The van der Waals surface area contributed by atoms with Crippen molar-refractivity contribution < 1.29 is 90.7 Å². The van der Waals surface area contributed by atoms with Gasteiger partial charge in [-0.25, -0.2) is 37.3 Å². The predicted octanol–water partition coefficient (Wildman–Crippen LogP) is -6.01. The summed E-state index contributed by atoms with van der Waals surface area (Å²) in [5.74, 6) is 0. The van der Waals surface area contributed by atoms with Gasteiger partial charge in [0, 0.05) is 62.7 Å². The second-order valence-corrected chi connectivity index (χ2v) is 12.0. The third kappa shape index (κ3) is 84.7. The number of hydrogen-bond donors (Lipinski definition) is 2. The minimum atomic E-state index is -4.94. The van der Waals surface area contributed by atoms with Crippen molar-refractivity contribution in [1.29, 1.82) is 21.0 Å². The first-order valence-corrected chi connectivity index (χ1v) is 18.6. The summed E-state index contributed by atoms with van der Waals surface area (Å²) in [6, 6.07) is 11.7. The Morgan fingerprint density at radius 1 is 0.586 bits per heavy atom. The molecule has 22 nitrogen and oxygen atoms in total. The van der Waals surface area contributed by atoms with Crippen LogP contribution in [0.4, 0.5) is 0 Å². The molecule has 0 fully saturated rings. The Morgan fingerprint density at radius 2 is 0.879 bits per heavy atom. The van der Waals surface area contributed by atoms with E-state index in [1.165, 1.54) is 37.6 Å². The van der Waals surface area contributed by atoms with Crippen LogP contribution in [-0.4, -0.2) is 113 Å². The smallest absolute Gasteiger partial charge is 0.385 e. The molecule has 0 aliphatic rings. The first-order valence-electron chi connectivity index (χ1n) is 16.1. The molecule has 2 rings (SSSR count). The van der Waals surface area contributed by atoms with Gasteiger partial charge in [0.05, 0.1) is 11.4 Å². The van der Waals surface area contributed by atoms with Crippen LogP contribution in [0.15, 0.2) is 58.8 Å². The van der Waals surface area contributed by atoms with E-state index in [4.69, 9.17) is 58.3 Å². The van der Waals surface area contributed by atoms with Crippen molar-refractivity contribution >= 4 is 12.4 Å². The van der Waals surface area contributed by atoms with Crippen molar-refractivity contribution in [2.45, 2.75) is 25.7 Å². The third-order valence-electron chi connectivity index (χ3n) is 5.22. The number of aromatic nitrogens is 2. The average molecular weight is 945 g/mol. The number of aliphatic imine (C=N–C) groups is 2. The second kappa shape index (κ2) is 49.4. The summed E-state index contributed by atoms with van der Waals surface area (Å²) in [6.45, 7) is 8.24. The van der Waals surface area contributed by atoms with E-state index in [0.717, 1.165) is 76.6 Å². The van der Waals surface area contributed by atoms with E-state index in [1.54, 1.807) is 12.4 Å². The first kappa shape index (κ1) is 66.1. The maximum absolute atomic E-state index is 8.49. The molecule has 328 valence electrons. The fourth-order valence-electron chi connectivity index (χ4n) is 3.15. The monoisotopic (exact) mass is 942 g/mol. The first-order chi connectivity index (χ1) is 26.4. The Bertz CT molecular complexity index is 1250. The molecule has 0 aliphatic carbocycles. The van der Waals surface area contributed by atoms with Crippen molar-refractivity contribution in [3.63, 3.8) is 0 Å². The molecule has 0 unspecified atom stereocenters. The molecule has 0 saturated heterocycles. The van der Waals surface area contributed by atoms with E-state index in [1.807, 2.05) is 48.8 Å². The number of pyridine rings is 2. The van der Waals surface area contributed by atoms with Gasteiger partial charge in [-0.1, -0.05) is 12.1 Å². The molecular weight excluding hydrogens is 897 g/mol. The van der Waals surface area contributed by atoms with Crippen LogP contribution in [0.1, 0.15) is 37.1 Å². The van der Waals surface area contributed by atoms with Gasteiger partial charge in [0.1, 0.15) is 0 Å². The average Bonchev–Trinajstić information content (AvgIpc) is 3.11. The van der Waals surface area contributed by atoms with Gasteiger partial charge < -0.3 is 41.5 Å². The SMILES string of the molecule is CN(C)CCCNCCCN=Cc1ccccn1.CN(C)CCCNCCCN=Cc1ccccn1.N#C[N-]C#N.N#C[N-]C#N.[Ni+2].[Ni+2].[O-][Cl+3]([O-])([O-])[O-].[O-][Cl+3]([O-])([O-])[O-]. The number of halogens is 2. The van der Waals surface area contributed by atoms with Crippen LogP contribution in [0.3, 0.4) is 0 Å². The van der Waals surface area contributed by atoms with Crippen LogP contribution in [-0.2, 0) is 33.0 Å². The summed E-state index contributed by atoms with van der Waals surface area (Å²) in [5.41, 5.74) is 1.85. The maximum Gasteiger partial charge on any atom is 2.00 e. The molecule has 0 radical (unpaired) electrons. The van der Waals surface area contributed by atoms with E-state index in [0.29, 0.717) is 0 Å². The van der Waals surface area contributed by atoms with Crippen LogP contribution < -0.4 is 47.9 Å². The number of rotatable bonds is 18. The summed E-state index contributed by atoms with van der Waals surface area (Å²) >= 11 is 0. The second-order valence-electron chi connectivity index (χ2n) is 10.5. The summed E-state index contributed by atoms with van der Waals surface area (Å²) < 4.78 is 67.9. The molecule has 26 heteroatoms. The molecule has 0 bridgehead atoms. The van der Waals surface area contributed by atoms with E-state index >= 15 is 0 Å². The predicted molar refractivity (Wildman–Crippen MR) is 184 cm³/mol. The normalized spacial score (nSPS) is 9.83. The van der Waals surface area contributed by atoms with E-state index in [-0.39, 0.29) is 33.0 Å². The van der Waals surface area contributed by atoms with Crippen LogP contribution in [0.5, 0.6) is 0 Å². The molecular formula is C32H48Cl2N14Ni2O8. The number of nitrogens with zero attached hydrogens (tertiary/aromatic N) is 12. The van der Waals surface area contributed by atoms with Crippen molar-refractivity contribution in [3.8, 4) is 24.8 Å². The summed E-state index contributed by atoms with van der Waals surface area (Å²) in [6.07, 6.45) is 16.9. The van der Waals surface area contributed by atoms with Gasteiger partial charge in [-0.05, 0) is 117 Å². The van der Waals surface area contributed by atoms with Gasteiger partial charge in [-0.2, -0.15) is 0 Å². The van der Waals surface area contributed by atoms with Crippen molar-refractivity contribution in [3.05, 3.63) is 70.8 Å². The zero-order valence-electron chi connectivity index (χ0n) is 32.3. The van der Waals surface area contributed by atoms with Crippen LogP contribution >= 0.6 is 0 Å². The number of nitrogens with one attached hydrogen (secondary N) is 2. The minimum Gasteiger partial charge on any atom is -0.385 e. The standard InChI is InChI=1S/2C14H24N4.2C2N3.2ClHO4.2Ni/c2*1-18(2)12-6-10-15-8-5-9-16-13-14-7-3-4-11-17-14;2*3-1-5-2-4;2*2-1(3,4)5;;/h2*3-4,7,11,13,15H,5-6,8-10,12H2,1-2H3;;;2*(H,2,3,4,5);;/q;;2*-1;;;2*+2/p-2. The minimum absolute atomic E-state index is 0. The molecule has 0 spiro atoms. The molecule has 2 aromatic rings. The van der Waals surface area contributed by atoms with E-state index in [2.05, 4.69) is 79.2 Å². The third-order valence-corrected chi connectivity index (χ3v) is 5.22. The molecule has 0 atom stereocenters. The van der Waals surface area contributed by atoms with Crippen molar-refractivity contribution in [2.75, 3.05) is 80.5 Å². The fourth-order valence-corrected chi connectivity index (χ4v) is 3.15. The maximum atomic E-state index is 8.49. The van der Waals surface area contributed by atoms with Crippen molar-refractivity contribution in [1.82, 2.24) is 30.4 Å². The Balaban J connectivity index is -0.000000156. The fraction of sp³-hybridized carbons (Fsp3) is 0.500. The van der Waals surface area contributed by atoms with E-state index < -0.39 is 20.5 Å². The zero-order valence-corrected chi connectivity index (χ0v) is 35.8. The molecule has 0 aromatic carbocycles. The van der Waals surface area contributed by atoms with Crippen LogP contribution in [0.25, 0.3) is 10.6 Å². The topological polar surface area (TPSA) is 389 Å². The number of hydrogen-bond acceptors (Lipinski definition) is 20. The Morgan fingerprint density at radius 3 is 1.10 bits per heavy atom. The Labute approximate surface area is 364 Å². The van der Waals surface area contributed by atoms with Gasteiger partial charge in [-0.15, -0.1) is 20.5 Å². The summed E-state index contributed by atoms with van der Waals surface area (Å²) in [4.78, 5) is 21.5. The quantitative estimate of drug-likeness (QED) is 0.0608. The Hall–Kier alpha value is -3.71. The van der Waals surface area contributed by atoms with Gasteiger partial charge in [0.25, 0.3) is 0 Å². The van der Waals surface area contributed by atoms with Gasteiger partial charge in [-0.3, -0.25) is 30.6 Å². The molecule has 0 amide bonds. The molecule has 2 aromatic heterocycles. The summed E-state index contributed by atoms with van der Waals surface area (Å²) in [5, 5.41) is 41.7. The van der Waals surface area contributed by atoms with Crippen molar-refractivity contribution in [2.24, 2.45) is 9.98 Å². The van der Waals surface area contributed by atoms with Gasteiger partial charge >= 0.3 is 33.0 Å². The summed E-state index contributed by atoms with van der Waals surface area (Å²) in [7, 11) is -1.47. The molecule has 58 heavy (non-hydrogen) atoms. The van der Waals surface area contributed by atoms with Crippen LogP contribution in [0.2, 0.25) is 0 Å². The van der Waals surface area contributed by atoms with Gasteiger partial charge in [0.15, 0.2) is 0 Å². The zero-order chi connectivity index (χ0) is 43.4. The van der Waals surface area contributed by atoms with Crippen LogP contribution in [0, 0.1) is 66.3 Å². The largest absolute Gasteiger partial charge is 2.00 e.